The highest BCUT2D eigenvalue weighted by Crippen LogP contribution is 2.35. The number of ether oxygens (including phenoxy) is 2. The molecule has 1 aliphatic rings. The first-order chi connectivity index (χ1) is 25.6. The van der Waals surface area contributed by atoms with Crippen molar-refractivity contribution >= 4 is 34.9 Å². The highest BCUT2D eigenvalue weighted by Gasteiger charge is 2.29. The van der Waals surface area contributed by atoms with Crippen LogP contribution in [-0.2, 0) is 16.0 Å². The fourth-order valence-corrected chi connectivity index (χ4v) is 6.88. The number of rotatable bonds is 13. The van der Waals surface area contributed by atoms with E-state index in [4.69, 9.17) is 9.47 Å². The molecule has 1 atom stereocenters. The zero-order valence-corrected chi connectivity index (χ0v) is 30.3. The lowest BCUT2D eigenvalue weighted by Crippen LogP contribution is -2.36. The molecule has 278 valence electrons. The number of anilines is 1. The van der Waals surface area contributed by atoms with Crippen LogP contribution in [0, 0.1) is 17.7 Å². The third kappa shape index (κ3) is 9.37. The van der Waals surface area contributed by atoms with E-state index < -0.39 is 35.8 Å². The van der Waals surface area contributed by atoms with Crippen molar-refractivity contribution < 1.29 is 32.6 Å². The Morgan fingerprint density at radius 3 is 2.51 bits per heavy atom. The van der Waals surface area contributed by atoms with Gasteiger partial charge in [-0.15, -0.1) is 11.3 Å². The Bertz CT molecular complexity index is 2040. The van der Waals surface area contributed by atoms with Gasteiger partial charge in [0, 0.05) is 36.5 Å². The summed E-state index contributed by atoms with van der Waals surface area (Å²) in [5.74, 6) is -2.79. The van der Waals surface area contributed by atoms with Gasteiger partial charge in [0.25, 0.3) is 11.8 Å². The molecule has 0 radical (unpaired) electrons. The van der Waals surface area contributed by atoms with Crippen molar-refractivity contribution in [2.24, 2.45) is 5.92 Å². The first-order valence-corrected chi connectivity index (χ1v) is 18.3. The Labute approximate surface area is 308 Å². The number of hydrogen-bond donors (Lipinski definition) is 2. The molecular weight excluding hydrogens is 707 g/mol. The summed E-state index contributed by atoms with van der Waals surface area (Å²) in [5, 5.41) is 16.1. The van der Waals surface area contributed by atoms with E-state index in [1.54, 1.807) is 10.9 Å². The maximum atomic E-state index is 14.9. The van der Waals surface area contributed by atoms with Crippen molar-refractivity contribution in [1.29, 1.82) is 0 Å². The summed E-state index contributed by atoms with van der Waals surface area (Å²) in [6.45, 7) is 6.65. The van der Waals surface area contributed by atoms with Crippen LogP contribution in [0.25, 0.3) is 22.0 Å². The molecule has 16 heteroatoms. The molecule has 0 bridgehead atoms. The van der Waals surface area contributed by atoms with Crippen LogP contribution in [0.15, 0.2) is 66.4 Å². The number of nitrogens with zero attached hydrogens (tertiary/aromatic N) is 6. The van der Waals surface area contributed by atoms with E-state index in [2.05, 4.69) is 30.8 Å². The van der Waals surface area contributed by atoms with Gasteiger partial charge >= 0.3 is 6.09 Å². The number of thiazole rings is 1. The van der Waals surface area contributed by atoms with E-state index in [9.17, 15) is 23.2 Å². The first kappa shape index (κ1) is 37.4. The molecule has 1 saturated carbocycles. The molecule has 4 aromatic heterocycles. The smallest absolute Gasteiger partial charge is 0.408 e. The highest BCUT2D eigenvalue weighted by molar-refractivity contribution is 7.13. The fourth-order valence-electron chi connectivity index (χ4n) is 6.11. The summed E-state index contributed by atoms with van der Waals surface area (Å²) in [4.78, 5) is 47.8. The lowest BCUT2D eigenvalue weighted by molar-refractivity contribution is 0.0260. The Hall–Kier alpha value is -5.35. The molecule has 5 aromatic rings. The van der Waals surface area contributed by atoms with Crippen LogP contribution in [0.2, 0.25) is 0 Å². The minimum Gasteiger partial charge on any atom is -0.436 e. The SMILES string of the molecule is CCOC1CCC(n2cc(NC(=O)c3csc(-c4cnn(C(=O)[C@H](CC(C)C)OC(=O)NCc5ccccc5)c4)n3)c(-c3nc(F)ccc3F)n2)CC1. The van der Waals surface area contributed by atoms with Gasteiger partial charge in [0.1, 0.15) is 22.1 Å². The van der Waals surface area contributed by atoms with Gasteiger partial charge in [0.15, 0.2) is 11.9 Å². The van der Waals surface area contributed by atoms with Crippen LogP contribution in [0.1, 0.15) is 79.8 Å². The van der Waals surface area contributed by atoms with Crippen molar-refractivity contribution in [3.8, 4) is 22.0 Å². The number of carbonyl (C=O) groups is 3. The molecule has 53 heavy (non-hydrogen) atoms. The topological polar surface area (TPSA) is 155 Å². The number of halogens is 2. The monoisotopic (exact) mass is 746 g/mol. The Morgan fingerprint density at radius 1 is 1.00 bits per heavy atom. The van der Waals surface area contributed by atoms with Crippen LogP contribution in [0.3, 0.4) is 0 Å². The maximum Gasteiger partial charge on any atom is 0.408 e. The summed E-state index contributed by atoms with van der Waals surface area (Å²) in [5.41, 5.74) is 1.20. The molecule has 2 amide bonds. The standard InChI is InChI=1S/C37H40F2N8O5S/c1-4-51-26-12-10-25(11-13-26)46-20-28(33(45-46)32-27(38)14-15-31(39)44-32)42-34(48)29-21-53-35(43-29)24-18-41-47(19-24)36(49)30(16-22(2)3)52-37(50)40-17-23-8-6-5-7-9-23/h5-9,14-15,18-22,25-26,30H,4,10-13,16-17H2,1-3H3,(H,40,50)(H,42,48)/t25?,26?,30-/m0/s1. The summed E-state index contributed by atoms with van der Waals surface area (Å²) in [6, 6.07) is 11.2. The van der Waals surface area contributed by atoms with Crippen molar-refractivity contribution in [2.45, 2.75) is 77.7 Å². The van der Waals surface area contributed by atoms with Crippen molar-refractivity contribution in [3.63, 3.8) is 0 Å². The van der Waals surface area contributed by atoms with Gasteiger partial charge in [-0.3, -0.25) is 14.3 Å². The predicted octanol–water partition coefficient (Wildman–Crippen LogP) is 7.30. The zero-order chi connectivity index (χ0) is 37.5. The largest absolute Gasteiger partial charge is 0.436 e. The molecular formula is C37H40F2N8O5S. The minimum absolute atomic E-state index is 0.00978. The van der Waals surface area contributed by atoms with Crippen LogP contribution in [-0.4, -0.2) is 66.3 Å². The van der Waals surface area contributed by atoms with Gasteiger partial charge in [-0.2, -0.15) is 14.6 Å². The summed E-state index contributed by atoms with van der Waals surface area (Å²) in [7, 11) is 0. The van der Waals surface area contributed by atoms with E-state index >= 15 is 0 Å². The van der Waals surface area contributed by atoms with Gasteiger partial charge < -0.3 is 20.1 Å². The molecule has 0 aliphatic heterocycles. The molecule has 2 N–H and O–H groups in total. The molecule has 1 aromatic carbocycles. The first-order valence-electron chi connectivity index (χ1n) is 17.5. The summed E-state index contributed by atoms with van der Waals surface area (Å²) >= 11 is 1.15. The second-order valence-electron chi connectivity index (χ2n) is 13.1. The number of hydrogen-bond acceptors (Lipinski definition) is 10. The van der Waals surface area contributed by atoms with Gasteiger partial charge in [-0.1, -0.05) is 44.2 Å². The van der Waals surface area contributed by atoms with E-state index in [0.717, 1.165) is 59.4 Å². The number of alkyl carbamates (subject to hydrolysis) is 1. The minimum atomic E-state index is -1.09. The molecule has 1 fully saturated rings. The molecule has 13 nitrogen and oxygen atoms in total. The molecule has 0 unspecified atom stereocenters. The Balaban J connectivity index is 1.16. The van der Waals surface area contributed by atoms with Crippen molar-refractivity contribution in [3.05, 3.63) is 89.5 Å². The van der Waals surface area contributed by atoms with Crippen LogP contribution >= 0.6 is 11.3 Å². The van der Waals surface area contributed by atoms with Crippen molar-refractivity contribution in [1.82, 2.24) is 34.8 Å². The van der Waals surface area contributed by atoms with Gasteiger partial charge in [0.05, 0.1) is 24.0 Å². The molecule has 4 heterocycles. The number of carbonyl (C=O) groups excluding carboxylic acids is 3. The Morgan fingerprint density at radius 2 is 1.77 bits per heavy atom. The summed E-state index contributed by atoms with van der Waals surface area (Å²) < 4.78 is 43.1. The average molecular weight is 747 g/mol. The maximum absolute atomic E-state index is 14.9. The van der Waals surface area contributed by atoms with E-state index in [1.807, 2.05) is 51.1 Å². The zero-order valence-electron chi connectivity index (χ0n) is 29.5. The highest BCUT2D eigenvalue weighted by atomic mass is 32.1. The third-order valence-corrected chi connectivity index (χ3v) is 9.61. The second kappa shape index (κ2) is 17.0. The molecule has 1 aliphatic carbocycles. The lowest BCUT2D eigenvalue weighted by Gasteiger charge is -2.28. The van der Waals surface area contributed by atoms with Gasteiger partial charge in [-0.05, 0) is 62.6 Å². The second-order valence-corrected chi connectivity index (χ2v) is 13.9. The number of pyridine rings is 1. The lowest BCUT2D eigenvalue weighted by atomic mass is 9.93. The third-order valence-electron chi connectivity index (χ3n) is 8.72. The van der Waals surface area contributed by atoms with E-state index in [0.29, 0.717) is 17.2 Å². The molecule has 0 spiro atoms. The van der Waals surface area contributed by atoms with Crippen LogP contribution < -0.4 is 10.6 Å². The normalized spacial score (nSPS) is 16.3. The van der Waals surface area contributed by atoms with Crippen molar-refractivity contribution in [2.75, 3.05) is 11.9 Å². The summed E-state index contributed by atoms with van der Waals surface area (Å²) in [6.07, 6.45) is 6.26. The number of aromatic nitrogens is 6. The number of amides is 2. The van der Waals surface area contributed by atoms with Crippen LogP contribution in [0.5, 0.6) is 0 Å². The Kier molecular flexibility index (Phi) is 12.0. The van der Waals surface area contributed by atoms with E-state index in [-0.39, 0.29) is 53.8 Å². The molecule has 6 rings (SSSR count). The number of nitrogens with one attached hydrogen (secondary N) is 2. The van der Waals surface area contributed by atoms with Crippen LogP contribution in [0.4, 0.5) is 19.3 Å². The number of benzene rings is 1. The van der Waals surface area contributed by atoms with Gasteiger partial charge in [0.2, 0.25) is 5.95 Å². The molecule has 0 saturated heterocycles. The fraction of sp³-hybridized carbons (Fsp3) is 0.378. The van der Waals surface area contributed by atoms with Gasteiger partial charge in [-0.25, -0.2) is 23.8 Å². The average Bonchev–Trinajstić information content (AvgIpc) is 3.93. The predicted molar refractivity (Wildman–Crippen MR) is 193 cm³/mol. The van der Waals surface area contributed by atoms with E-state index in [1.165, 1.54) is 17.8 Å². The quantitative estimate of drug-likeness (QED) is 0.118.